The quantitative estimate of drug-likeness (QED) is 0.426. The highest BCUT2D eigenvalue weighted by Gasteiger charge is 2.06. The summed E-state index contributed by atoms with van der Waals surface area (Å²) in [7, 11) is -1.12. The molecule has 0 fully saturated rings. The molecule has 0 aromatic heterocycles. The van der Waals surface area contributed by atoms with Gasteiger partial charge in [-0.1, -0.05) is 25.3 Å². The average Bonchev–Trinajstić information content (AvgIpc) is 1.59. The molecule has 52 valence electrons. The monoisotopic (exact) mass is 142 g/mol. The van der Waals surface area contributed by atoms with Crippen molar-refractivity contribution in [2.24, 2.45) is 0 Å². The largest absolute Gasteiger partial charge is 0.295 e. The Bertz CT molecular complexity index is 130. The number of allylic oxidation sites excluding steroid dienone is 1. The minimum atomic E-state index is -1.12. The molecular formula is C7H14OSi. The molecule has 0 amide bonds. The first-order valence-electron chi connectivity index (χ1n) is 3.11. The molecule has 0 aromatic rings. The fraction of sp³-hybridized carbons (Fsp3) is 0.571. The Morgan fingerprint density at radius 3 is 1.89 bits per heavy atom. The van der Waals surface area contributed by atoms with E-state index in [-0.39, 0.29) is 5.78 Å². The molecule has 0 heterocycles. The zero-order valence-corrected chi connectivity index (χ0v) is 7.56. The Morgan fingerprint density at radius 2 is 1.78 bits per heavy atom. The van der Waals surface area contributed by atoms with E-state index in [0.29, 0.717) is 0 Å². The van der Waals surface area contributed by atoms with Crippen molar-refractivity contribution in [3.8, 4) is 0 Å². The molecule has 0 bridgehead atoms. The number of carbonyl (C=O) groups excluding carboxylic acids is 1. The molecule has 0 unspecified atom stereocenters. The van der Waals surface area contributed by atoms with Gasteiger partial charge in [0, 0.05) is 0 Å². The van der Waals surface area contributed by atoms with Gasteiger partial charge in [-0.25, -0.2) is 0 Å². The lowest BCUT2D eigenvalue weighted by Gasteiger charge is -2.06. The molecule has 2 heteroatoms. The molecule has 0 aromatic carbocycles. The predicted octanol–water partition coefficient (Wildman–Crippen LogP) is 2.01. The van der Waals surface area contributed by atoms with Crippen LogP contribution in [0.5, 0.6) is 0 Å². The normalized spacial score (nSPS) is 12.4. The summed E-state index contributed by atoms with van der Waals surface area (Å²) in [6.07, 6.45) is 1.67. The summed E-state index contributed by atoms with van der Waals surface area (Å²) < 4.78 is 0. The van der Waals surface area contributed by atoms with Crippen LogP contribution in [0.3, 0.4) is 0 Å². The lowest BCUT2D eigenvalue weighted by molar-refractivity contribution is -0.112. The zero-order chi connectivity index (χ0) is 7.49. The van der Waals surface area contributed by atoms with E-state index >= 15 is 0 Å². The minimum Gasteiger partial charge on any atom is -0.295 e. The Morgan fingerprint density at radius 1 is 1.33 bits per heavy atom. The van der Waals surface area contributed by atoms with Crippen LogP contribution in [0.1, 0.15) is 6.92 Å². The maximum Gasteiger partial charge on any atom is 0.151 e. The predicted molar refractivity (Wildman–Crippen MR) is 43.2 cm³/mol. The van der Waals surface area contributed by atoms with Crippen molar-refractivity contribution in [1.29, 1.82) is 0 Å². The smallest absolute Gasteiger partial charge is 0.151 e. The molecular weight excluding hydrogens is 128 g/mol. The van der Waals surface area contributed by atoms with Crippen LogP contribution in [0.15, 0.2) is 11.8 Å². The van der Waals surface area contributed by atoms with Gasteiger partial charge in [0.25, 0.3) is 0 Å². The molecule has 0 saturated carbocycles. The van der Waals surface area contributed by atoms with Crippen LogP contribution in [0, 0.1) is 0 Å². The molecule has 9 heavy (non-hydrogen) atoms. The summed E-state index contributed by atoms with van der Waals surface area (Å²) >= 11 is 0. The summed E-state index contributed by atoms with van der Waals surface area (Å²) in [4.78, 5) is 10.4. The Kier molecular flexibility index (Phi) is 2.84. The van der Waals surface area contributed by atoms with Crippen molar-refractivity contribution >= 4 is 13.9 Å². The van der Waals surface area contributed by atoms with Crippen LogP contribution in [0.25, 0.3) is 0 Å². The van der Waals surface area contributed by atoms with E-state index in [1.54, 1.807) is 13.0 Å². The summed E-state index contributed by atoms with van der Waals surface area (Å²) in [5.41, 5.74) is 2.05. The fourth-order valence-corrected chi connectivity index (χ4v) is 1.10. The van der Waals surface area contributed by atoms with Gasteiger partial charge in [-0.3, -0.25) is 4.79 Å². The van der Waals surface area contributed by atoms with Gasteiger partial charge >= 0.3 is 0 Å². The van der Waals surface area contributed by atoms with Gasteiger partial charge in [0.05, 0.1) is 8.07 Å². The number of hydrogen-bond donors (Lipinski definition) is 0. The van der Waals surface area contributed by atoms with Crippen molar-refractivity contribution in [2.75, 3.05) is 0 Å². The SMILES string of the molecule is CC(=O)/C=C\[Si](C)(C)C. The molecule has 0 rings (SSSR count). The highest BCUT2D eigenvalue weighted by atomic mass is 28.3. The molecule has 0 aliphatic heterocycles. The molecule has 0 aliphatic rings. The van der Waals surface area contributed by atoms with E-state index < -0.39 is 8.07 Å². The second-order valence-electron chi connectivity index (χ2n) is 3.31. The molecule has 0 spiro atoms. The van der Waals surface area contributed by atoms with Crippen LogP contribution in [0.4, 0.5) is 0 Å². The number of rotatable bonds is 2. The molecule has 0 N–H and O–H groups in total. The third-order valence-corrected chi connectivity index (χ3v) is 1.98. The number of ketones is 1. The summed E-state index contributed by atoms with van der Waals surface area (Å²) in [6, 6.07) is 0. The highest BCUT2D eigenvalue weighted by Crippen LogP contribution is 2.00. The molecule has 0 saturated heterocycles. The Labute approximate surface area is 57.8 Å². The van der Waals surface area contributed by atoms with Crippen LogP contribution in [-0.2, 0) is 4.79 Å². The third kappa shape index (κ3) is 7.63. The second-order valence-corrected chi connectivity index (χ2v) is 8.38. The van der Waals surface area contributed by atoms with Gasteiger partial charge in [0.1, 0.15) is 0 Å². The van der Waals surface area contributed by atoms with Gasteiger partial charge in [0.15, 0.2) is 5.78 Å². The third-order valence-electron chi connectivity index (χ3n) is 0.818. The van der Waals surface area contributed by atoms with Gasteiger partial charge in [-0.05, 0) is 13.0 Å². The van der Waals surface area contributed by atoms with E-state index in [1.807, 2.05) is 0 Å². The second kappa shape index (κ2) is 2.97. The van der Waals surface area contributed by atoms with Crippen LogP contribution < -0.4 is 0 Å². The summed E-state index contributed by atoms with van der Waals surface area (Å²) in [5, 5.41) is 0. The lowest BCUT2D eigenvalue weighted by Crippen LogP contribution is -2.15. The van der Waals surface area contributed by atoms with Crippen LogP contribution in [0.2, 0.25) is 19.6 Å². The number of hydrogen-bond acceptors (Lipinski definition) is 1. The molecule has 1 nitrogen and oxygen atoms in total. The van der Waals surface area contributed by atoms with Gasteiger partial charge in [-0.15, -0.1) is 0 Å². The van der Waals surface area contributed by atoms with Gasteiger partial charge in [0.2, 0.25) is 0 Å². The van der Waals surface area contributed by atoms with Crippen LogP contribution in [-0.4, -0.2) is 13.9 Å². The fourth-order valence-electron chi connectivity index (χ4n) is 0.367. The van der Waals surface area contributed by atoms with E-state index in [2.05, 4.69) is 25.3 Å². The van der Waals surface area contributed by atoms with Crippen molar-refractivity contribution in [2.45, 2.75) is 26.6 Å². The Balaban J connectivity index is 3.86. The Hall–Kier alpha value is -0.373. The van der Waals surface area contributed by atoms with Crippen molar-refractivity contribution < 1.29 is 4.79 Å². The lowest BCUT2D eigenvalue weighted by atomic mass is 10.5. The molecule has 0 aliphatic carbocycles. The first-order valence-corrected chi connectivity index (χ1v) is 6.69. The highest BCUT2D eigenvalue weighted by molar-refractivity contribution is 6.81. The van der Waals surface area contributed by atoms with E-state index in [4.69, 9.17) is 0 Å². The molecule has 0 atom stereocenters. The van der Waals surface area contributed by atoms with Gasteiger partial charge in [-0.2, -0.15) is 0 Å². The average molecular weight is 142 g/mol. The van der Waals surface area contributed by atoms with Crippen molar-refractivity contribution in [1.82, 2.24) is 0 Å². The zero-order valence-electron chi connectivity index (χ0n) is 6.56. The van der Waals surface area contributed by atoms with E-state index in [1.165, 1.54) is 0 Å². The van der Waals surface area contributed by atoms with Crippen molar-refractivity contribution in [3.05, 3.63) is 11.8 Å². The minimum absolute atomic E-state index is 0.150. The summed E-state index contributed by atoms with van der Waals surface area (Å²) in [6.45, 7) is 8.18. The first-order chi connectivity index (χ1) is 3.92. The summed E-state index contributed by atoms with van der Waals surface area (Å²) in [5.74, 6) is 0.150. The van der Waals surface area contributed by atoms with Crippen LogP contribution >= 0.6 is 0 Å². The van der Waals surface area contributed by atoms with Crippen molar-refractivity contribution in [3.63, 3.8) is 0 Å². The maximum absolute atomic E-state index is 10.4. The standard InChI is InChI=1S/C7H14OSi/c1-7(8)5-6-9(2,3)4/h5-6H,1-4H3/b6-5-. The molecule has 0 radical (unpaired) electrons. The number of carbonyl (C=O) groups is 1. The first kappa shape index (κ1) is 8.63. The van der Waals surface area contributed by atoms with E-state index in [9.17, 15) is 4.79 Å². The maximum atomic E-state index is 10.4. The topological polar surface area (TPSA) is 17.1 Å². The van der Waals surface area contributed by atoms with Gasteiger partial charge < -0.3 is 0 Å². The van der Waals surface area contributed by atoms with E-state index in [0.717, 1.165) is 0 Å².